The molecule has 4 rings (SSSR count). The van der Waals surface area contributed by atoms with Gasteiger partial charge in [0.2, 0.25) is 0 Å². The van der Waals surface area contributed by atoms with E-state index in [0.717, 1.165) is 54.3 Å². The van der Waals surface area contributed by atoms with Crippen LogP contribution in [0.15, 0.2) is 48.7 Å². The summed E-state index contributed by atoms with van der Waals surface area (Å²) in [6, 6.07) is 12.4. The summed E-state index contributed by atoms with van der Waals surface area (Å²) in [5, 5.41) is 4.68. The van der Waals surface area contributed by atoms with Crippen molar-refractivity contribution in [2.45, 2.75) is 40.2 Å². The number of carbonyl (C=O) groups is 1. The van der Waals surface area contributed by atoms with Gasteiger partial charge >= 0.3 is 0 Å². The van der Waals surface area contributed by atoms with Gasteiger partial charge in [0.05, 0.1) is 23.6 Å². The molecule has 3 aromatic rings. The van der Waals surface area contributed by atoms with Crippen molar-refractivity contribution in [3.05, 3.63) is 82.4 Å². The van der Waals surface area contributed by atoms with E-state index in [9.17, 15) is 4.79 Å². The van der Waals surface area contributed by atoms with E-state index >= 15 is 0 Å². The Bertz CT molecular complexity index is 1060. The van der Waals surface area contributed by atoms with Gasteiger partial charge in [-0.05, 0) is 57.4 Å². The van der Waals surface area contributed by atoms with E-state index in [1.54, 1.807) is 12.3 Å². The monoisotopic (exact) mass is 386 g/mol. The van der Waals surface area contributed by atoms with Gasteiger partial charge in [-0.2, -0.15) is 5.10 Å². The minimum atomic E-state index is -0.0102. The summed E-state index contributed by atoms with van der Waals surface area (Å²) >= 11 is 0. The van der Waals surface area contributed by atoms with Crippen molar-refractivity contribution in [1.29, 1.82) is 0 Å². The van der Waals surface area contributed by atoms with Crippen LogP contribution in [-0.4, -0.2) is 27.2 Å². The number of amides is 1. The number of benzene rings is 1. The third kappa shape index (κ3) is 3.99. The molecule has 2 aromatic heterocycles. The fraction of sp³-hybridized carbons (Fsp3) is 0.292. The molecule has 0 radical (unpaired) electrons. The molecule has 3 heterocycles. The van der Waals surface area contributed by atoms with Crippen LogP contribution in [0.5, 0.6) is 0 Å². The Kier molecular flexibility index (Phi) is 5.30. The van der Waals surface area contributed by atoms with Crippen LogP contribution in [0.4, 0.5) is 5.69 Å². The molecule has 148 valence electrons. The van der Waals surface area contributed by atoms with Gasteiger partial charge in [-0.15, -0.1) is 0 Å². The Hall–Kier alpha value is -3.21. The minimum absolute atomic E-state index is 0.0102. The van der Waals surface area contributed by atoms with Crippen molar-refractivity contribution in [3.63, 3.8) is 0 Å². The first-order valence-corrected chi connectivity index (χ1v) is 10.1. The van der Waals surface area contributed by atoms with Crippen molar-refractivity contribution in [3.8, 4) is 0 Å². The molecular formula is C24H26N4O. The maximum Gasteiger partial charge on any atom is 0.251 e. The van der Waals surface area contributed by atoms with E-state index in [0.29, 0.717) is 0 Å². The third-order valence-electron chi connectivity index (χ3n) is 5.50. The van der Waals surface area contributed by atoms with E-state index in [4.69, 9.17) is 0 Å². The van der Waals surface area contributed by atoms with Crippen LogP contribution in [0.1, 0.15) is 40.2 Å². The number of nitrogens with zero attached hydrogens (tertiary/aromatic N) is 4. The van der Waals surface area contributed by atoms with E-state index in [2.05, 4.69) is 48.2 Å². The maximum atomic E-state index is 12.9. The predicted octanol–water partition coefficient (Wildman–Crippen LogP) is 4.24. The average Bonchev–Trinajstić information content (AvgIpc) is 3.00. The second-order valence-corrected chi connectivity index (χ2v) is 7.62. The molecule has 0 saturated carbocycles. The molecule has 29 heavy (non-hydrogen) atoms. The largest absolute Gasteiger partial charge is 0.307 e. The molecule has 0 unspecified atom stereocenters. The van der Waals surface area contributed by atoms with Gasteiger partial charge in [0.15, 0.2) is 0 Å². The Morgan fingerprint density at radius 1 is 1.14 bits per heavy atom. The number of pyridine rings is 1. The first kappa shape index (κ1) is 19.1. The highest BCUT2D eigenvalue weighted by atomic mass is 16.2. The molecule has 1 aliphatic heterocycles. The van der Waals surface area contributed by atoms with Crippen molar-refractivity contribution < 1.29 is 4.79 Å². The highest BCUT2D eigenvalue weighted by molar-refractivity contribution is 6.04. The third-order valence-corrected chi connectivity index (χ3v) is 5.50. The van der Waals surface area contributed by atoms with Gasteiger partial charge in [-0.25, -0.2) is 0 Å². The lowest BCUT2D eigenvalue weighted by Gasteiger charge is -2.27. The molecule has 0 fully saturated rings. The normalized spacial score (nSPS) is 13.7. The number of carbonyl (C=O) groups excluding carboxylic acids is 1. The van der Waals surface area contributed by atoms with Crippen LogP contribution < -0.4 is 4.90 Å². The zero-order valence-corrected chi connectivity index (χ0v) is 17.2. The summed E-state index contributed by atoms with van der Waals surface area (Å²) < 4.78 is 2.00. The average molecular weight is 386 g/mol. The maximum absolute atomic E-state index is 12.9. The summed E-state index contributed by atoms with van der Waals surface area (Å²) in [5.41, 5.74) is 7.39. The van der Waals surface area contributed by atoms with Crippen LogP contribution in [0.25, 0.3) is 6.08 Å². The Morgan fingerprint density at radius 2 is 1.93 bits per heavy atom. The number of rotatable bonds is 4. The predicted molar refractivity (Wildman–Crippen MR) is 116 cm³/mol. The first-order valence-electron chi connectivity index (χ1n) is 10.1. The van der Waals surface area contributed by atoms with Crippen LogP contribution in [0, 0.1) is 20.8 Å². The zero-order valence-electron chi connectivity index (χ0n) is 17.2. The molecule has 5 heteroatoms. The zero-order chi connectivity index (χ0) is 20.4. The van der Waals surface area contributed by atoms with Crippen molar-refractivity contribution in [1.82, 2.24) is 14.8 Å². The molecule has 1 amide bonds. The Labute approximate surface area is 171 Å². The minimum Gasteiger partial charge on any atom is -0.307 e. The summed E-state index contributed by atoms with van der Waals surface area (Å²) in [4.78, 5) is 19.1. The second-order valence-electron chi connectivity index (χ2n) is 7.62. The summed E-state index contributed by atoms with van der Waals surface area (Å²) in [6.07, 6.45) is 7.22. The summed E-state index contributed by atoms with van der Waals surface area (Å²) in [5.74, 6) is -0.0102. The van der Waals surface area contributed by atoms with E-state index < -0.39 is 0 Å². The lowest BCUT2D eigenvalue weighted by molar-refractivity contribution is -0.114. The number of anilines is 1. The van der Waals surface area contributed by atoms with Crippen molar-refractivity contribution in [2.24, 2.45) is 0 Å². The van der Waals surface area contributed by atoms with Crippen LogP contribution in [-0.2, 0) is 17.8 Å². The fourth-order valence-corrected chi connectivity index (χ4v) is 3.84. The quantitative estimate of drug-likeness (QED) is 0.630. The number of fused-ring (bicyclic) bond motifs is 1. The Balaban J connectivity index is 1.54. The SMILES string of the molecule is Cc1ccc(Cn2nc(C)c(/C=C/C(=O)N3CCCc4ncccc43)c2C)cc1. The van der Waals surface area contributed by atoms with Gasteiger partial charge in [0, 0.05) is 30.1 Å². The van der Waals surface area contributed by atoms with Gasteiger partial charge in [0.25, 0.3) is 5.91 Å². The molecule has 0 saturated heterocycles. The summed E-state index contributed by atoms with van der Waals surface area (Å²) in [6.45, 7) is 7.58. The van der Waals surface area contributed by atoms with Gasteiger partial charge in [0.1, 0.15) is 0 Å². The molecular weight excluding hydrogens is 360 g/mol. The molecule has 0 bridgehead atoms. The van der Waals surface area contributed by atoms with Gasteiger partial charge < -0.3 is 4.90 Å². The van der Waals surface area contributed by atoms with Crippen LogP contribution in [0.3, 0.4) is 0 Å². The Morgan fingerprint density at radius 3 is 2.72 bits per heavy atom. The van der Waals surface area contributed by atoms with Gasteiger partial charge in [-0.1, -0.05) is 29.8 Å². The molecule has 1 aliphatic rings. The number of aryl methyl sites for hydroxylation is 3. The van der Waals surface area contributed by atoms with Crippen LogP contribution >= 0.6 is 0 Å². The highest BCUT2D eigenvalue weighted by Gasteiger charge is 2.21. The fourth-order valence-electron chi connectivity index (χ4n) is 3.84. The van der Waals surface area contributed by atoms with Gasteiger partial charge in [-0.3, -0.25) is 14.5 Å². The lowest BCUT2D eigenvalue weighted by Crippen LogP contribution is -2.34. The molecule has 0 aliphatic carbocycles. The summed E-state index contributed by atoms with van der Waals surface area (Å²) in [7, 11) is 0. The standard InChI is InChI=1S/C24H26N4O/c1-17-8-10-20(11-9-17)16-28-19(3)21(18(2)26-28)12-13-24(29)27-15-5-6-22-23(27)7-4-14-25-22/h4,7-14H,5-6,15-16H2,1-3H3/b13-12+. The molecule has 5 nitrogen and oxygen atoms in total. The number of aromatic nitrogens is 3. The molecule has 0 spiro atoms. The molecule has 0 N–H and O–H groups in total. The first-order chi connectivity index (χ1) is 14.0. The highest BCUT2D eigenvalue weighted by Crippen LogP contribution is 2.25. The molecule has 0 atom stereocenters. The topological polar surface area (TPSA) is 51.0 Å². The lowest BCUT2D eigenvalue weighted by atomic mass is 10.1. The van der Waals surface area contributed by atoms with E-state index in [1.165, 1.54) is 11.1 Å². The van der Waals surface area contributed by atoms with E-state index in [1.807, 2.05) is 34.7 Å². The number of hydrogen-bond acceptors (Lipinski definition) is 3. The second kappa shape index (κ2) is 8.03. The van der Waals surface area contributed by atoms with Crippen LogP contribution in [0.2, 0.25) is 0 Å². The van der Waals surface area contributed by atoms with E-state index in [-0.39, 0.29) is 5.91 Å². The molecule has 1 aromatic carbocycles. The smallest absolute Gasteiger partial charge is 0.251 e. The number of hydrogen-bond donors (Lipinski definition) is 0. The van der Waals surface area contributed by atoms with Crippen molar-refractivity contribution in [2.75, 3.05) is 11.4 Å². The van der Waals surface area contributed by atoms with Crippen molar-refractivity contribution >= 4 is 17.7 Å².